The van der Waals surface area contributed by atoms with E-state index in [1.54, 1.807) is 11.3 Å². The van der Waals surface area contributed by atoms with Crippen molar-refractivity contribution in [2.75, 3.05) is 26.2 Å². The van der Waals surface area contributed by atoms with Crippen molar-refractivity contribution in [2.24, 2.45) is 0 Å². The summed E-state index contributed by atoms with van der Waals surface area (Å²) in [6, 6.07) is 17.3. The first-order valence-corrected chi connectivity index (χ1v) is 11.9. The Balaban J connectivity index is 1.30. The van der Waals surface area contributed by atoms with Crippen LogP contribution in [0.5, 0.6) is 0 Å². The summed E-state index contributed by atoms with van der Waals surface area (Å²) in [6.45, 7) is 2.96. The molecule has 1 amide bonds. The fourth-order valence-corrected chi connectivity index (χ4v) is 6.18. The average molecular weight is 421 g/mol. The normalized spacial score (nSPS) is 19.7. The van der Waals surface area contributed by atoms with Crippen molar-refractivity contribution in [3.05, 3.63) is 86.2 Å². The van der Waals surface area contributed by atoms with Gasteiger partial charge in [0.15, 0.2) is 0 Å². The zero-order chi connectivity index (χ0) is 19.6. The highest BCUT2D eigenvalue weighted by molar-refractivity contribution is 7.10. The smallest absolute Gasteiger partial charge is 0.237 e. The van der Waals surface area contributed by atoms with Crippen LogP contribution in [-0.4, -0.2) is 41.9 Å². The van der Waals surface area contributed by atoms with Crippen molar-refractivity contribution < 1.29 is 4.79 Å². The van der Waals surface area contributed by atoms with E-state index in [1.165, 1.54) is 26.5 Å². The lowest BCUT2D eigenvalue weighted by molar-refractivity contribution is -0.132. The summed E-state index contributed by atoms with van der Waals surface area (Å²) in [6.07, 6.45) is 4.19. The standard InChI is InChI=1S/C24H24N2OS2/c27-23(25-12-8-19(9-13-25)18-5-2-1-3-6-18)17-26-14-10-21-20(11-16-29-21)24(26)22-7-4-15-28-22/h1-8,11,15-16,24H,9-10,12-14,17H2/t24-/m1/s1. The Kier molecular flexibility index (Phi) is 5.36. The van der Waals surface area contributed by atoms with Gasteiger partial charge in [0.05, 0.1) is 12.6 Å². The molecule has 2 aliphatic rings. The zero-order valence-electron chi connectivity index (χ0n) is 16.3. The van der Waals surface area contributed by atoms with Gasteiger partial charge in [0.25, 0.3) is 0 Å². The summed E-state index contributed by atoms with van der Waals surface area (Å²) in [5, 5.41) is 4.33. The van der Waals surface area contributed by atoms with Gasteiger partial charge in [-0.1, -0.05) is 42.5 Å². The van der Waals surface area contributed by atoms with E-state index in [0.717, 1.165) is 25.9 Å². The highest BCUT2D eigenvalue weighted by Gasteiger charge is 2.32. The van der Waals surface area contributed by atoms with E-state index in [9.17, 15) is 4.79 Å². The first-order chi connectivity index (χ1) is 14.3. The number of carbonyl (C=O) groups excluding carboxylic acids is 1. The third kappa shape index (κ3) is 3.82. The predicted molar refractivity (Wildman–Crippen MR) is 121 cm³/mol. The van der Waals surface area contributed by atoms with Crippen LogP contribution in [0.1, 0.15) is 33.3 Å². The molecule has 0 N–H and O–H groups in total. The SMILES string of the molecule is O=C(CN1CCc2sccc2[C@@H]1c1cccs1)N1CC=C(c2ccccc2)CC1. The number of hydrogen-bond donors (Lipinski definition) is 0. The van der Waals surface area contributed by atoms with Crippen LogP contribution in [0, 0.1) is 0 Å². The molecule has 0 bridgehead atoms. The molecule has 2 aliphatic heterocycles. The lowest BCUT2D eigenvalue weighted by Gasteiger charge is -2.36. The van der Waals surface area contributed by atoms with Crippen molar-refractivity contribution in [3.8, 4) is 0 Å². The largest absolute Gasteiger partial charge is 0.338 e. The predicted octanol–water partition coefficient (Wildman–Crippen LogP) is 5.07. The first-order valence-electron chi connectivity index (χ1n) is 10.2. The number of nitrogens with zero attached hydrogens (tertiary/aromatic N) is 2. The van der Waals surface area contributed by atoms with Crippen molar-refractivity contribution in [3.63, 3.8) is 0 Å². The second kappa shape index (κ2) is 8.27. The third-order valence-electron chi connectivity index (χ3n) is 5.92. The Morgan fingerprint density at radius 2 is 1.86 bits per heavy atom. The van der Waals surface area contributed by atoms with Crippen LogP contribution in [0.15, 0.2) is 65.4 Å². The molecule has 3 nitrogen and oxygen atoms in total. The fraction of sp³-hybridized carbons (Fsp3) is 0.292. The topological polar surface area (TPSA) is 23.6 Å². The van der Waals surface area contributed by atoms with Crippen LogP contribution < -0.4 is 0 Å². The number of hydrogen-bond acceptors (Lipinski definition) is 4. The van der Waals surface area contributed by atoms with E-state index in [1.807, 2.05) is 22.3 Å². The van der Waals surface area contributed by atoms with Crippen LogP contribution in [0.2, 0.25) is 0 Å². The van der Waals surface area contributed by atoms with Gasteiger partial charge in [-0.05, 0) is 52.4 Å². The molecule has 4 heterocycles. The maximum absolute atomic E-state index is 13.1. The summed E-state index contributed by atoms with van der Waals surface area (Å²) in [5.41, 5.74) is 4.02. The van der Waals surface area contributed by atoms with Gasteiger partial charge in [0.1, 0.15) is 0 Å². The van der Waals surface area contributed by atoms with Crippen molar-refractivity contribution in [1.29, 1.82) is 0 Å². The molecule has 1 aromatic carbocycles. The first kappa shape index (κ1) is 18.8. The van der Waals surface area contributed by atoms with Crippen LogP contribution >= 0.6 is 22.7 Å². The molecule has 0 spiro atoms. The van der Waals surface area contributed by atoms with Crippen LogP contribution in [0.4, 0.5) is 0 Å². The van der Waals surface area contributed by atoms with E-state index >= 15 is 0 Å². The Labute approximate surface area is 179 Å². The molecule has 0 fully saturated rings. The van der Waals surface area contributed by atoms with Crippen molar-refractivity contribution in [1.82, 2.24) is 9.80 Å². The Hall–Kier alpha value is -2.21. The number of benzene rings is 1. The monoisotopic (exact) mass is 420 g/mol. The summed E-state index contributed by atoms with van der Waals surface area (Å²) < 4.78 is 0. The minimum absolute atomic E-state index is 0.217. The van der Waals surface area contributed by atoms with E-state index in [4.69, 9.17) is 0 Å². The molecule has 0 saturated carbocycles. The summed E-state index contributed by atoms with van der Waals surface area (Å²) in [7, 11) is 0. The molecule has 5 heteroatoms. The van der Waals surface area contributed by atoms with Gasteiger partial charge in [0, 0.05) is 29.4 Å². The number of fused-ring (bicyclic) bond motifs is 1. The molecule has 29 heavy (non-hydrogen) atoms. The molecule has 1 atom stereocenters. The van der Waals surface area contributed by atoms with E-state index in [2.05, 4.69) is 64.2 Å². The van der Waals surface area contributed by atoms with E-state index in [0.29, 0.717) is 13.1 Å². The van der Waals surface area contributed by atoms with Gasteiger partial charge in [0.2, 0.25) is 5.91 Å². The fourth-order valence-electron chi connectivity index (χ4n) is 4.40. The zero-order valence-corrected chi connectivity index (χ0v) is 17.9. The molecule has 3 aromatic rings. The summed E-state index contributed by atoms with van der Waals surface area (Å²) in [5.74, 6) is 0.244. The van der Waals surface area contributed by atoms with Crippen molar-refractivity contribution in [2.45, 2.75) is 18.9 Å². The summed E-state index contributed by atoms with van der Waals surface area (Å²) >= 11 is 3.64. The highest BCUT2D eigenvalue weighted by Crippen LogP contribution is 2.39. The lowest BCUT2D eigenvalue weighted by atomic mass is 9.98. The van der Waals surface area contributed by atoms with Gasteiger partial charge >= 0.3 is 0 Å². The van der Waals surface area contributed by atoms with E-state index in [-0.39, 0.29) is 11.9 Å². The number of amides is 1. The molecule has 0 aliphatic carbocycles. The highest BCUT2D eigenvalue weighted by atomic mass is 32.1. The number of carbonyl (C=O) groups is 1. The van der Waals surface area contributed by atoms with Gasteiger partial charge in [-0.2, -0.15) is 0 Å². The molecule has 0 unspecified atom stereocenters. The molecule has 5 rings (SSSR count). The van der Waals surface area contributed by atoms with Crippen LogP contribution in [-0.2, 0) is 11.2 Å². The molecule has 0 saturated heterocycles. The van der Waals surface area contributed by atoms with Gasteiger partial charge in [-0.3, -0.25) is 9.69 Å². The van der Waals surface area contributed by atoms with Gasteiger partial charge in [-0.15, -0.1) is 22.7 Å². The van der Waals surface area contributed by atoms with Gasteiger partial charge < -0.3 is 4.90 Å². The third-order valence-corrected chi connectivity index (χ3v) is 7.84. The van der Waals surface area contributed by atoms with Crippen LogP contribution in [0.3, 0.4) is 0 Å². The Morgan fingerprint density at radius 3 is 2.62 bits per heavy atom. The molecular weight excluding hydrogens is 396 g/mol. The van der Waals surface area contributed by atoms with Gasteiger partial charge in [-0.25, -0.2) is 0 Å². The maximum Gasteiger partial charge on any atom is 0.237 e. The minimum atomic E-state index is 0.217. The second-order valence-corrected chi connectivity index (χ2v) is 9.60. The Bertz CT molecular complexity index is 1010. The quantitative estimate of drug-likeness (QED) is 0.588. The summed E-state index contributed by atoms with van der Waals surface area (Å²) in [4.78, 5) is 20.3. The minimum Gasteiger partial charge on any atom is -0.338 e. The van der Waals surface area contributed by atoms with E-state index < -0.39 is 0 Å². The van der Waals surface area contributed by atoms with Crippen LogP contribution in [0.25, 0.3) is 5.57 Å². The molecular formula is C24H24N2OS2. The number of rotatable bonds is 4. The lowest BCUT2D eigenvalue weighted by Crippen LogP contribution is -2.45. The number of thiophene rings is 2. The maximum atomic E-state index is 13.1. The van der Waals surface area contributed by atoms with Crippen molar-refractivity contribution >= 4 is 34.2 Å². The Morgan fingerprint density at radius 1 is 0.966 bits per heavy atom. The second-order valence-electron chi connectivity index (χ2n) is 7.62. The molecule has 2 aromatic heterocycles. The molecule has 0 radical (unpaired) electrons. The average Bonchev–Trinajstić information content (AvgIpc) is 3.46. The molecule has 148 valence electrons.